The zero-order valence-electron chi connectivity index (χ0n) is 16.8. The van der Waals surface area contributed by atoms with Crippen LogP contribution in [0, 0.1) is 13.8 Å². The molecular weight excluding hydrogens is 398 g/mol. The summed E-state index contributed by atoms with van der Waals surface area (Å²) in [4.78, 5) is 17.7. The van der Waals surface area contributed by atoms with Gasteiger partial charge in [0.1, 0.15) is 0 Å². The zero-order valence-corrected chi connectivity index (χ0v) is 17.6. The number of rotatable bonds is 4. The Bertz CT molecular complexity index is 1290. The SMILES string of the molecule is Cc1nn(C)c(C)c1/C=N\NC(=O)c1cc(-c2ccccc2Cl)nc2ccccc12. The molecule has 30 heavy (non-hydrogen) atoms. The summed E-state index contributed by atoms with van der Waals surface area (Å²) in [6.07, 6.45) is 1.62. The highest BCUT2D eigenvalue weighted by atomic mass is 35.5. The van der Waals surface area contributed by atoms with Crippen molar-refractivity contribution >= 4 is 34.6 Å². The fraction of sp³-hybridized carbons (Fsp3) is 0.130. The van der Waals surface area contributed by atoms with Gasteiger partial charge in [-0.15, -0.1) is 0 Å². The molecule has 0 saturated carbocycles. The van der Waals surface area contributed by atoms with Crippen molar-refractivity contribution in [1.29, 1.82) is 0 Å². The van der Waals surface area contributed by atoms with Crippen LogP contribution in [-0.4, -0.2) is 26.9 Å². The molecule has 0 radical (unpaired) electrons. The molecule has 4 rings (SSSR count). The van der Waals surface area contributed by atoms with E-state index in [0.717, 1.165) is 27.9 Å². The molecule has 7 heteroatoms. The molecule has 0 aliphatic heterocycles. The third-order valence-electron chi connectivity index (χ3n) is 5.04. The maximum atomic E-state index is 13.0. The molecule has 0 unspecified atom stereocenters. The van der Waals surface area contributed by atoms with Gasteiger partial charge < -0.3 is 0 Å². The van der Waals surface area contributed by atoms with Gasteiger partial charge in [0.05, 0.1) is 28.7 Å². The van der Waals surface area contributed by atoms with Crippen LogP contribution in [0.25, 0.3) is 22.2 Å². The maximum absolute atomic E-state index is 13.0. The van der Waals surface area contributed by atoms with Crippen molar-refractivity contribution in [1.82, 2.24) is 20.2 Å². The average Bonchev–Trinajstić information content (AvgIpc) is 2.99. The van der Waals surface area contributed by atoms with Crippen molar-refractivity contribution in [2.24, 2.45) is 12.1 Å². The summed E-state index contributed by atoms with van der Waals surface area (Å²) in [5.41, 5.74) is 7.93. The number of nitrogens with one attached hydrogen (secondary N) is 1. The summed E-state index contributed by atoms with van der Waals surface area (Å²) in [5, 5.41) is 9.83. The van der Waals surface area contributed by atoms with Crippen LogP contribution in [-0.2, 0) is 7.05 Å². The van der Waals surface area contributed by atoms with E-state index in [-0.39, 0.29) is 5.91 Å². The van der Waals surface area contributed by atoms with Gasteiger partial charge in [0.15, 0.2) is 0 Å². The number of nitrogens with zero attached hydrogens (tertiary/aromatic N) is 4. The van der Waals surface area contributed by atoms with Crippen LogP contribution in [0.5, 0.6) is 0 Å². The molecule has 0 aliphatic carbocycles. The van der Waals surface area contributed by atoms with E-state index in [1.807, 2.05) is 63.4 Å². The first-order chi connectivity index (χ1) is 14.5. The smallest absolute Gasteiger partial charge is 0.272 e. The summed E-state index contributed by atoms with van der Waals surface area (Å²) in [6, 6.07) is 16.7. The predicted octanol–water partition coefficient (Wildman–Crippen LogP) is 4.67. The normalized spacial score (nSPS) is 11.3. The Morgan fingerprint density at radius 2 is 1.87 bits per heavy atom. The Balaban J connectivity index is 1.71. The van der Waals surface area contributed by atoms with Crippen LogP contribution >= 0.6 is 11.6 Å². The first kappa shape index (κ1) is 19.8. The monoisotopic (exact) mass is 417 g/mol. The van der Waals surface area contributed by atoms with E-state index < -0.39 is 0 Å². The van der Waals surface area contributed by atoms with E-state index in [2.05, 4.69) is 20.6 Å². The van der Waals surface area contributed by atoms with Crippen molar-refractivity contribution in [2.45, 2.75) is 13.8 Å². The van der Waals surface area contributed by atoms with Crippen molar-refractivity contribution in [3.63, 3.8) is 0 Å². The van der Waals surface area contributed by atoms with Gasteiger partial charge in [0.2, 0.25) is 0 Å². The number of fused-ring (bicyclic) bond motifs is 1. The lowest BCUT2D eigenvalue weighted by atomic mass is 10.0. The van der Waals surface area contributed by atoms with Crippen LogP contribution < -0.4 is 5.43 Å². The number of pyridine rings is 1. The van der Waals surface area contributed by atoms with Gasteiger partial charge in [0.25, 0.3) is 5.91 Å². The minimum atomic E-state index is -0.322. The molecule has 150 valence electrons. The molecule has 2 heterocycles. The number of amides is 1. The standard InChI is InChI=1S/C23H20ClN5O/c1-14-19(15(2)29(3)28-14)13-25-27-23(30)18-12-22(17-9-4-6-10-20(17)24)26-21-11-7-5-8-16(18)21/h4-13H,1-3H3,(H,27,30)/b25-13-. The number of aromatic nitrogens is 3. The summed E-state index contributed by atoms with van der Waals surface area (Å²) >= 11 is 6.35. The van der Waals surface area contributed by atoms with Crippen molar-refractivity contribution in [3.05, 3.63) is 82.1 Å². The van der Waals surface area contributed by atoms with Gasteiger partial charge in [-0.3, -0.25) is 9.48 Å². The molecule has 0 aliphatic rings. The molecule has 1 N–H and O–H groups in total. The van der Waals surface area contributed by atoms with E-state index in [0.29, 0.717) is 21.8 Å². The molecule has 0 spiro atoms. The first-order valence-corrected chi connectivity index (χ1v) is 9.82. The molecule has 0 fully saturated rings. The quantitative estimate of drug-likeness (QED) is 0.387. The Kier molecular flexibility index (Phi) is 5.33. The summed E-state index contributed by atoms with van der Waals surface area (Å²) in [5.74, 6) is -0.322. The van der Waals surface area contributed by atoms with Gasteiger partial charge in [-0.1, -0.05) is 48.0 Å². The van der Waals surface area contributed by atoms with Gasteiger partial charge in [0, 0.05) is 34.3 Å². The third kappa shape index (κ3) is 3.69. The highest BCUT2D eigenvalue weighted by Crippen LogP contribution is 2.29. The highest BCUT2D eigenvalue weighted by Gasteiger charge is 2.15. The Morgan fingerprint density at radius 1 is 1.13 bits per heavy atom. The van der Waals surface area contributed by atoms with Crippen LogP contribution in [0.1, 0.15) is 27.3 Å². The second kappa shape index (κ2) is 8.08. The Morgan fingerprint density at radius 3 is 2.60 bits per heavy atom. The molecule has 4 aromatic rings. The van der Waals surface area contributed by atoms with Crippen molar-refractivity contribution in [2.75, 3.05) is 0 Å². The van der Waals surface area contributed by atoms with E-state index in [4.69, 9.17) is 11.6 Å². The minimum Gasteiger partial charge on any atom is -0.272 e. The fourth-order valence-corrected chi connectivity index (χ4v) is 3.60. The molecule has 1 amide bonds. The molecule has 0 atom stereocenters. The number of carbonyl (C=O) groups is 1. The summed E-state index contributed by atoms with van der Waals surface area (Å²) < 4.78 is 1.78. The number of hydrogen-bond acceptors (Lipinski definition) is 4. The third-order valence-corrected chi connectivity index (χ3v) is 5.36. The lowest BCUT2D eigenvalue weighted by Crippen LogP contribution is -2.18. The van der Waals surface area contributed by atoms with Crippen LogP contribution in [0.2, 0.25) is 5.02 Å². The van der Waals surface area contributed by atoms with Gasteiger partial charge in [-0.2, -0.15) is 10.2 Å². The second-order valence-electron chi connectivity index (χ2n) is 6.96. The summed E-state index contributed by atoms with van der Waals surface area (Å²) in [6.45, 7) is 3.86. The average molecular weight is 418 g/mol. The van der Waals surface area contributed by atoms with E-state index >= 15 is 0 Å². The van der Waals surface area contributed by atoms with E-state index in [1.165, 1.54) is 0 Å². The highest BCUT2D eigenvalue weighted by molar-refractivity contribution is 6.33. The van der Waals surface area contributed by atoms with Crippen LogP contribution in [0.3, 0.4) is 0 Å². The van der Waals surface area contributed by atoms with E-state index in [9.17, 15) is 4.79 Å². The first-order valence-electron chi connectivity index (χ1n) is 9.44. The number of para-hydroxylation sites is 1. The zero-order chi connectivity index (χ0) is 21.3. The van der Waals surface area contributed by atoms with Crippen molar-refractivity contribution < 1.29 is 4.79 Å². The fourth-order valence-electron chi connectivity index (χ4n) is 3.36. The molecule has 2 aromatic heterocycles. The van der Waals surface area contributed by atoms with Crippen molar-refractivity contribution in [3.8, 4) is 11.3 Å². The van der Waals surface area contributed by atoms with Crippen LogP contribution in [0.15, 0.2) is 59.7 Å². The van der Waals surface area contributed by atoms with Crippen LogP contribution in [0.4, 0.5) is 0 Å². The lowest BCUT2D eigenvalue weighted by molar-refractivity contribution is 0.0956. The Hall–Kier alpha value is -3.51. The second-order valence-corrected chi connectivity index (χ2v) is 7.37. The topological polar surface area (TPSA) is 72.2 Å². The number of hydrazone groups is 1. The van der Waals surface area contributed by atoms with E-state index in [1.54, 1.807) is 23.0 Å². The predicted molar refractivity (Wildman–Crippen MR) is 120 cm³/mol. The van der Waals surface area contributed by atoms with Gasteiger partial charge in [-0.05, 0) is 32.0 Å². The number of halogens is 1. The molecule has 2 aromatic carbocycles. The molecule has 6 nitrogen and oxygen atoms in total. The minimum absolute atomic E-state index is 0.322. The number of carbonyl (C=O) groups excluding carboxylic acids is 1. The molecular formula is C23H20ClN5O. The summed E-state index contributed by atoms with van der Waals surface area (Å²) in [7, 11) is 1.87. The largest absolute Gasteiger partial charge is 0.272 e. The number of hydrogen-bond donors (Lipinski definition) is 1. The molecule has 0 bridgehead atoms. The Labute approximate surface area is 179 Å². The van der Waals surface area contributed by atoms with Gasteiger partial charge >= 0.3 is 0 Å². The number of aryl methyl sites for hydroxylation is 2. The lowest BCUT2D eigenvalue weighted by Gasteiger charge is -2.10. The van der Waals surface area contributed by atoms with Gasteiger partial charge in [-0.25, -0.2) is 10.4 Å². The molecule has 0 saturated heterocycles. The number of benzene rings is 2. The maximum Gasteiger partial charge on any atom is 0.272 e.